The predicted octanol–water partition coefficient (Wildman–Crippen LogP) is 4.91. The van der Waals surface area contributed by atoms with Crippen LogP contribution in [0.15, 0.2) is 46.0 Å². The Kier molecular flexibility index (Phi) is 4.91. The van der Waals surface area contributed by atoms with Crippen molar-refractivity contribution >= 4 is 51.3 Å². The lowest BCUT2D eigenvalue weighted by molar-refractivity contribution is -0.115. The molecule has 1 amide bonds. The van der Waals surface area contributed by atoms with E-state index in [-0.39, 0.29) is 17.8 Å². The van der Waals surface area contributed by atoms with Gasteiger partial charge in [0.25, 0.3) is 5.91 Å². The predicted molar refractivity (Wildman–Crippen MR) is 111 cm³/mol. The number of amides is 1. The number of pyridine rings is 1. The summed E-state index contributed by atoms with van der Waals surface area (Å²) < 4.78 is 26.2. The molecule has 1 aliphatic heterocycles. The molecule has 0 saturated carbocycles. The third-order valence-corrected chi connectivity index (χ3v) is 5.13. The molecule has 4 rings (SSSR count). The van der Waals surface area contributed by atoms with Gasteiger partial charge in [-0.25, -0.2) is 4.39 Å². The van der Waals surface area contributed by atoms with Crippen LogP contribution < -0.4 is 10.1 Å². The van der Waals surface area contributed by atoms with Gasteiger partial charge in [0.2, 0.25) is 0 Å². The van der Waals surface area contributed by atoms with Crippen LogP contribution in [-0.4, -0.2) is 21.3 Å². The van der Waals surface area contributed by atoms with Gasteiger partial charge in [-0.05, 0) is 37.6 Å². The highest BCUT2D eigenvalue weighted by atomic mass is 32.2. The number of hydrogen-bond acceptors (Lipinski definition) is 6. The second-order valence-corrected chi connectivity index (χ2v) is 8.14. The molecule has 142 valence electrons. The maximum absolute atomic E-state index is 14.4. The van der Waals surface area contributed by atoms with Crippen molar-refractivity contribution in [1.29, 1.82) is 0 Å². The SMILES string of the molecule is CC(C)Oc1ccc(-c2cncc3cc(/C=C4/SC(=S)NC4=O)oc23)cc1F. The molecule has 1 aromatic carbocycles. The fraction of sp³-hybridized carbons (Fsp3) is 0.150. The Labute approximate surface area is 170 Å². The van der Waals surface area contributed by atoms with Gasteiger partial charge in [-0.1, -0.05) is 30.0 Å². The largest absolute Gasteiger partial charge is 0.488 e. The highest BCUT2D eigenvalue weighted by Crippen LogP contribution is 2.34. The summed E-state index contributed by atoms with van der Waals surface area (Å²) in [5.41, 5.74) is 1.83. The lowest BCUT2D eigenvalue weighted by Gasteiger charge is -2.11. The fourth-order valence-corrected chi connectivity index (χ4v) is 3.85. The minimum absolute atomic E-state index is 0.121. The number of nitrogens with one attached hydrogen (secondary N) is 1. The second-order valence-electron chi connectivity index (χ2n) is 6.42. The number of ether oxygens (including phenoxy) is 1. The standard InChI is InChI=1S/C20H15FN2O3S2/c1-10(2)25-16-4-3-11(6-15(16)21)14-9-22-8-12-5-13(26-18(12)14)7-17-19(24)23-20(27)28-17/h3-10H,1-2H3,(H,23,24,27)/b17-7+. The molecule has 8 heteroatoms. The van der Waals surface area contributed by atoms with Gasteiger partial charge in [0.15, 0.2) is 11.6 Å². The number of carbonyl (C=O) groups excluding carboxylic acids is 1. The van der Waals surface area contributed by atoms with Crippen LogP contribution in [0, 0.1) is 5.82 Å². The average Bonchev–Trinajstić information content (AvgIpc) is 3.18. The Morgan fingerprint density at radius 1 is 1.32 bits per heavy atom. The molecule has 1 N–H and O–H groups in total. The average molecular weight is 414 g/mol. The van der Waals surface area contributed by atoms with Crippen LogP contribution in [-0.2, 0) is 4.79 Å². The van der Waals surface area contributed by atoms with Gasteiger partial charge in [-0.2, -0.15) is 0 Å². The zero-order valence-electron chi connectivity index (χ0n) is 15.0. The van der Waals surface area contributed by atoms with Gasteiger partial charge in [0.1, 0.15) is 15.7 Å². The summed E-state index contributed by atoms with van der Waals surface area (Å²) in [6.07, 6.45) is 4.78. The first-order valence-corrected chi connectivity index (χ1v) is 9.72. The van der Waals surface area contributed by atoms with E-state index in [2.05, 4.69) is 10.3 Å². The van der Waals surface area contributed by atoms with Crippen molar-refractivity contribution in [2.24, 2.45) is 0 Å². The smallest absolute Gasteiger partial charge is 0.263 e. The van der Waals surface area contributed by atoms with Crippen LogP contribution in [0.2, 0.25) is 0 Å². The number of hydrogen-bond donors (Lipinski definition) is 1. The Hall–Kier alpha value is -2.71. The molecular weight excluding hydrogens is 399 g/mol. The van der Waals surface area contributed by atoms with Crippen LogP contribution in [0.4, 0.5) is 4.39 Å². The van der Waals surface area contributed by atoms with E-state index in [4.69, 9.17) is 21.4 Å². The molecule has 2 aromatic heterocycles. The Morgan fingerprint density at radius 3 is 2.82 bits per heavy atom. The van der Waals surface area contributed by atoms with E-state index in [1.54, 1.807) is 36.7 Å². The van der Waals surface area contributed by atoms with Gasteiger partial charge < -0.3 is 14.5 Å². The van der Waals surface area contributed by atoms with Crippen LogP contribution in [0.3, 0.4) is 0 Å². The van der Waals surface area contributed by atoms with Crippen molar-refractivity contribution in [1.82, 2.24) is 10.3 Å². The highest BCUT2D eigenvalue weighted by molar-refractivity contribution is 8.26. The van der Waals surface area contributed by atoms with Crippen molar-refractivity contribution in [3.05, 3.63) is 53.1 Å². The first kappa shape index (κ1) is 18.6. The normalized spacial score (nSPS) is 15.6. The maximum atomic E-state index is 14.4. The summed E-state index contributed by atoms with van der Waals surface area (Å²) >= 11 is 6.17. The number of furan rings is 1. The van der Waals surface area contributed by atoms with E-state index in [0.29, 0.717) is 31.7 Å². The molecule has 0 atom stereocenters. The minimum atomic E-state index is -0.454. The van der Waals surface area contributed by atoms with E-state index in [1.807, 2.05) is 13.8 Å². The molecule has 0 aliphatic carbocycles. The van der Waals surface area contributed by atoms with Crippen LogP contribution in [0.5, 0.6) is 5.75 Å². The summed E-state index contributed by atoms with van der Waals surface area (Å²) in [7, 11) is 0. The van der Waals surface area contributed by atoms with Crippen molar-refractivity contribution < 1.29 is 18.3 Å². The molecule has 3 aromatic rings. The molecule has 1 fully saturated rings. The Balaban J connectivity index is 1.74. The molecule has 0 bridgehead atoms. The zero-order valence-corrected chi connectivity index (χ0v) is 16.6. The van der Waals surface area contributed by atoms with Gasteiger partial charge >= 0.3 is 0 Å². The molecule has 5 nitrogen and oxygen atoms in total. The van der Waals surface area contributed by atoms with Crippen LogP contribution in [0.25, 0.3) is 28.2 Å². The number of aromatic nitrogens is 1. The fourth-order valence-electron chi connectivity index (χ4n) is 2.83. The van der Waals surface area contributed by atoms with E-state index < -0.39 is 5.82 Å². The van der Waals surface area contributed by atoms with E-state index in [0.717, 1.165) is 5.39 Å². The second kappa shape index (κ2) is 7.37. The van der Waals surface area contributed by atoms with Gasteiger partial charge in [0.05, 0.1) is 11.0 Å². The third-order valence-electron chi connectivity index (χ3n) is 3.96. The Morgan fingerprint density at radius 2 is 2.14 bits per heavy atom. The number of thiocarbonyl (C=S) groups is 1. The quantitative estimate of drug-likeness (QED) is 0.483. The number of benzene rings is 1. The lowest BCUT2D eigenvalue weighted by Crippen LogP contribution is -2.17. The van der Waals surface area contributed by atoms with Gasteiger partial charge in [-0.15, -0.1) is 0 Å². The first-order valence-electron chi connectivity index (χ1n) is 8.49. The number of nitrogens with zero attached hydrogens (tertiary/aromatic N) is 1. The lowest BCUT2D eigenvalue weighted by atomic mass is 10.1. The molecule has 28 heavy (non-hydrogen) atoms. The Bertz CT molecular complexity index is 1140. The zero-order chi connectivity index (χ0) is 19.8. The van der Waals surface area contributed by atoms with Crippen molar-refractivity contribution in [2.75, 3.05) is 0 Å². The molecule has 3 heterocycles. The van der Waals surface area contributed by atoms with Gasteiger partial charge in [-0.3, -0.25) is 9.78 Å². The summed E-state index contributed by atoms with van der Waals surface area (Å²) in [5, 5.41) is 3.31. The molecular formula is C20H15FN2O3S2. The molecule has 1 saturated heterocycles. The molecule has 0 spiro atoms. The minimum Gasteiger partial charge on any atom is -0.488 e. The summed E-state index contributed by atoms with van der Waals surface area (Å²) in [5.74, 6) is -0.0166. The van der Waals surface area contributed by atoms with E-state index >= 15 is 0 Å². The first-order chi connectivity index (χ1) is 13.4. The highest BCUT2D eigenvalue weighted by Gasteiger charge is 2.23. The van der Waals surface area contributed by atoms with Crippen molar-refractivity contribution in [3.8, 4) is 16.9 Å². The summed E-state index contributed by atoms with van der Waals surface area (Å²) in [6, 6.07) is 6.53. The number of rotatable bonds is 4. The van der Waals surface area contributed by atoms with Crippen LogP contribution in [0.1, 0.15) is 19.6 Å². The van der Waals surface area contributed by atoms with Crippen molar-refractivity contribution in [2.45, 2.75) is 20.0 Å². The third kappa shape index (κ3) is 3.65. The topological polar surface area (TPSA) is 64.4 Å². The van der Waals surface area contributed by atoms with E-state index in [1.165, 1.54) is 17.8 Å². The number of carbonyl (C=O) groups is 1. The van der Waals surface area contributed by atoms with E-state index in [9.17, 15) is 9.18 Å². The summed E-state index contributed by atoms with van der Waals surface area (Å²) in [4.78, 5) is 16.5. The maximum Gasteiger partial charge on any atom is 0.263 e. The number of thioether (sulfide) groups is 1. The molecule has 0 unspecified atom stereocenters. The van der Waals surface area contributed by atoms with Crippen molar-refractivity contribution in [3.63, 3.8) is 0 Å². The molecule has 0 radical (unpaired) electrons. The molecule has 1 aliphatic rings. The number of halogens is 1. The van der Waals surface area contributed by atoms with Gasteiger partial charge in [0, 0.05) is 29.4 Å². The summed E-state index contributed by atoms with van der Waals surface area (Å²) in [6.45, 7) is 3.68. The number of fused-ring (bicyclic) bond motifs is 1. The monoisotopic (exact) mass is 414 g/mol. The van der Waals surface area contributed by atoms with Crippen LogP contribution >= 0.6 is 24.0 Å².